The second-order valence-corrected chi connectivity index (χ2v) is 6.27. The quantitative estimate of drug-likeness (QED) is 0.807. The molecule has 0 spiro atoms. The summed E-state index contributed by atoms with van der Waals surface area (Å²) < 4.78 is 14.0. The van der Waals surface area contributed by atoms with Crippen molar-refractivity contribution in [2.45, 2.75) is 25.7 Å². The zero-order valence-corrected chi connectivity index (χ0v) is 12.7. The number of hydrogen-bond donors (Lipinski definition) is 0. The monoisotopic (exact) mass is 304 g/mol. The standard InChI is InChI=1S/C16H17FN2OS/c1-11(20)15-13(17)5-2-6-14(15)19-8-3-4-12(10-19)16-18-7-9-21-16/h2,5-7,9,12H,3-4,8,10H2,1H3/t12-/m0/s1. The molecule has 0 radical (unpaired) electrons. The van der Waals surface area contributed by atoms with Crippen LogP contribution in [0.15, 0.2) is 29.8 Å². The van der Waals surface area contributed by atoms with E-state index < -0.39 is 5.82 Å². The molecule has 2 aromatic rings. The Kier molecular flexibility index (Phi) is 4.01. The molecule has 0 unspecified atom stereocenters. The van der Waals surface area contributed by atoms with E-state index in [0.717, 1.165) is 30.9 Å². The van der Waals surface area contributed by atoms with Gasteiger partial charge in [0.15, 0.2) is 5.78 Å². The summed E-state index contributed by atoms with van der Waals surface area (Å²) in [5.74, 6) is -0.294. The van der Waals surface area contributed by atoms with Gasteiger partial charge >= 0.3 is 0 Å². The van der Waals surface area contributed by atoms with Crippen LogP contribution < -0.4 is 4.90 Å². The molecule has 3 nitrogen and oxygen atoms in total. The number of halogens is 1. The van der Waals surface area contributed by atoms with Crippen molar-refractivity contribution in [1.29, 1.82) is 0 Å². The highest BCUT2D eigenvalue weighted by Gasteiger charge is 2.26. The number of nitrogens with zero attached hydrogens (tertiary/aromatic N) is 2. The molecule has 1 fully saturated rings. The van der Waals surface area contributed by atoms with Crippen LogP contribution in [0.1, 0.15) is 41.0 Å². The molecule has 1 aromatic heterocycles. The van der Waals surface area contributed by atoms with Crippen molar-refractivity contribution in [3.8, 4) is 0 Å². The van der Waals surface area contributed by atoms with E-state index in [1.54, 1.807) is 17.4 Å². The van der Waals surface area contributed by atoms with Gasteiger partial charge < -0.3 is 4.90 Å². The molecular weight excluding hydrogens is 287 g/mol. The van der Waals surface area contributed by atoms with Crippen molar-refractivity contribution in [1.82, 2.24) is 4.98 Å². The summed E-state index contributed by atoms with van der Waals surface area (Å²) in [6.07, 6.45) is 3.94. The van der Waals surface area contributed by atoms with Crippen molar-refractivity contribution in [2.75, 3.05) is 18.0 Å². The summed E-state index contributed by atoms with van der Waals surface area (Å²) in [6, 6.07) is 4.86. The number of hydrogen-bond acceptors (Lipinski definition) is 4. The van der Waals surface area contributed by atoms with Crippen LogP contribution in [-0.2, 0) is 0 Å². The van der Waals surface area contributed by atoms with Gasteiger partial charge in [-0.1, -0.05) is 6.07 Å². The van der Waals surface area contributed by atoms with E-state index in [4.69, 9.17) is 0 Å². The molecule has 0 aliphatic carbocycles. The average Bonchev–Trinajstić information content (AvgIpc) is 3.01. The minimum absolute atomic E-state index is 0.206. The summed E-state index contributed by atoms with van der Waals surface area (Å²) >= 11 is 1.66. The first-order valence-electron chi connectivity index (χ1n) is 7.10. The van der Waals surface area contributed by atoms with E-state index >= 15 is 0 Å². The maximum Gasteiger partial charge on any atom is 0.164 e. The molecule has 0 amide bonds. The molecule has 3 rings (SSSR count). The third-order valence-electron chi connectivity index (χ3n) is 3.91. The Bertz CT molecular complexity index is 642. The second-order valence-electron chi connectivity index (χ2n) is 5.35. The molecule has 21 heavy (non-hydrogen) atoms. The Labute approximate surface area is 127 Å². The van der Waals surface area contributed by atoms with Crippen molar-refractivity contribution >= 4 is 22.8 Å². The summed E-state index contributed by atoms with van der Waals surface area (Å²) in [4.78, 5) is 18.3. The zero-order valence-electron chi connectivity index (χ0n) is 11.9. The lowest BCUT2D eigenvalue weighted by molar-refractivity contribution is 0.101. The Balaban J connectivity index is 1.90. The van der Waals surface area contributed by atoms with Gasteiger partial charge in [-0.05, 0) is 31.9 Å². The second kappa shape index (κ2) is 5.93. The Hall–Kier alpha value is -1.75. The first-order valence-corrected chi connectivity index (χ1v) is 7.98. The van der Waals surface area contributed by atoms with Crippen LogP contribution in [-0.4, -0.2) is 23.9 Å². The minimum Gasteiger partial charge on any atom is -0.370 e. The lowest BCUT2D eigenvalue weighted by Crippen LogP contribution is -2.35. The number of carbonyl (C=O) groups excluding carboxylic acids is 1. The first-order chi connectivity index (χ1) is 10.2. The molecule has 110 valence electrons. The fraction of sp³-hybridized carbons (Fsp3) is 0.375. The van der Waals surface area contributed by atoms with Gasteiger partial charge in [0, 0.05) is 30.6 Å². The fourth-order valence-corrected chi connectivity index (χ4v) is 3.73. The van der Waals surface area contributed by atoms with Crippen molar-refractivity contribution in [2.24, 2.45) is 0 Å². The molecule has 5 heteroatoms. The van der Waals surface area contributed by atoms with E-state index in [1.165, 1.54) is 13.0 Å². The van der Waals surface area contributed by atoms with Crippen LogP contribution in [0.4, 0.5) is 10.1 Å². The zero-order chi connectivity index (χ0) is 14.8. The largest absolute Gasteiger partial charge is 0.370 e. The van der Waals surface area contributed by atoms with Crippen LogP contribution >= 0.6 is 11.3 Å². The van der Waals surface area contributed by atoms with Crippen LogP contribution in [0.5, 0.6) is 0 Å². The first kappa shape index (κ1) is 14.2. The van der Waals surface area contributed by atoms with Gasteiger partial charge in [0.2, 0.25) is 0 Å². The van der Waals surface area contributed by atoms with Gasteiger partial charge in [-0.2, -0.15) is 0 Å². The van der Waals surface area contributed by atoms with Gasteiger partial charge in [-0.25, -0.2) is 9.37 Å². The summed E-state index contributed by atoms with van der Waals surface area (Å²) in [7, 11) is 0. The number of ketones is 1. The highest BCUT2D eigenvalue weighted by molar-refractivity contribution is 7.09. The molecule has 0 bridgehead atoms. The number of piperidine rings is 1. The van der Waals surface area contributed by atoms with Gasteiger partial charge in [0.05, 0.1) is 16.3 Å². The van der Waals surface area contributed by atoms with Crippen LogP contribution in [0.3, 0.4) is 0 Å². The van der Waals surface area contributed by atoms with Crippen molar-refractivity contribution in [3.63, 3.8) is 0 Å². The van der Waals surface area contributed by atoms with Crippen molar-refractivity contribution in [3.05, 3.63) is 46.2 Å². The Morgan fingerprint density at radius 1 is 1.48 bits per heavy atom. The normalized spacial score (nSPS) is 18.8. The molecule has 1 aromatic carbocycles. The highest BCUT2D eigenvalue weighted by Crippen LogP contribution is 2.33. The number of carbonyl (C=O) groups is 1. The number of aromatic nitrogens is 1. The van der Waals surface area contributed by atoms with Crippen LogP contribution in [0.2, 0.25) is 0 Å². The lowest BCUT2D eigenvalue weighted by Gasteiger charge is -2.34. The van der Waals surface area contributed by atoms with E-state index in [-0.39, 0.29) is 11.3 Å². The van der Waals surface area contributed by atoms with Crippen molar-refractivity contribution < 1.29 is 9.18 Å². The van der Waals surface area contributed by atoms with E-state index in [9.17, 15) is 9.18 Å². The summed E-state index contributed by atoms with van der Waals surface area (Å²) in [5, 5.41) is 3.11. The Morgan fingerprint density at radius 3 is 3.05 bits per heavy atom. The third-order valence-corrected chi connectivity index (χ3v) is 4.84. The van der Waals surface area contributed by atoms with Gasteiger partial charge in [0.25, 0.3) is 0 Å². The minimum atomic E-state index is -0.434. The van der Waals surface area contributed by atoms with E-state index in [2.05, 4.69) is 9.88 Å². The molecule has 0 saturated carbocycles. The Morgan fingerprint density at radius 2 is 2.33 bits per heavy atom. The number of Topliss-reactive ketones (excluding diaryl/α,β-unsaturated/α-hetero) is 1. The van der Waals surface area contributed by atoms with Gasteiger partial charge in [-0.15, -0.1) is 11.3 Å². The molecule has 1 atom stereocenters. The smallest absolute Gasteiger partial charge is 0.164 e. The summed E-state index contributed by atoms with van der Waals surface area (Å²) in [6.45, 7) is 3.06. The average molecular weight is 304 g/mol. The molecule has 0 N–H and O–H groups in total. The predicted molar refractivity (Wildman–Crippen MR) is 82.7 cm³/mol. The lowest BCUT2D eigenvalue weighted by atomic mass is 9.97. The maximum absolute atomic E-state index is 14.0. The number of rotatable bonds is 3. The molecular formula is C16H17FN2OS. The number of thiazole rings is 1. The molecule has 2 heterocycles. The summed E-state index contributed by atoms with van der Waals surface area (Å²) in [5.41, 5.74) is 0.918. The van der Waals surface area contributed by atoms with E-state index in [0.29, 0.717) is 11.6 Å². The van der Waals surface area contributed by atoms with Gasteiger partial charge in [-0.3, -0.25) is 4.79 Å². The topological polar surface area (TPSA) is 33.2 Å². The SMILES string of the molecule is CC(=O)c1c(F)cccc1N1CCC[C@H](c2nccs2)C1. The molecule has 1 aliphatic rings. The van der Waals surface area contributed by atoms with Crippen LogP contribution in [0, 0.1) is 5.82 Å². The third kappa shape index (κ3) is 2.83. The molecule has 1 saturated heterocycles. The highest BCUT2D eigenvalue weighted by atomic mass is 32.1. The van der Waals surface area contributed by atoms with Crippen LogP contribution in [0.25, 0.3) is 0 Å². The predicted octanol–water partition coefficient (Wildman–Crippen LogP) is 3.87. The van der Waals surface area contributed by atoms with Gasteiger partial charge in [0.1, 0.15) is 5.82 Å². The fourth-order valence-electron chi connectivity index (χ4n) is 2.96. The number of anilines is 1. The molecule has 1 aliphatic heterocycles. The maximum atomic E-state index is 14.0. The van der Waals surface area contributed by atoms with E-state index in [1.807, 2.05) is 17.6 Å². The number of benzene rings is 1.